The van der Waals surface area contributed by atoms with Crippen molar-refractivity contribution < 1.29 is 18.7 Å². The summed E-state index contributed by atoms with van der Waals surface area (Å²) in [6, 6.07) is 4.05. The van der Waals surface area contributed by atoms with Crippen LogP contribution in [0.4, 0.5) is 4.39 Å². The number of nitrogens with zero attached hydrogens (tertiary/aromatic N) is 1. The number of carbonyl (C=O) groups excluding carboxylic acids is 2. The highest BCUT2D eigenvalue weighted by Gasteiger charge is 2.20. The van der Waals surface area contributed by atoms with Gasteiger partial charge in [-0.3, -0.25) is 9.59 Å². The molecule has 0 radical (unpaired) electrons. The van der Waals surface area contributed by atoms with E-state index in [4.69, 9.17) is 4.74 Å². The summed E-state index contributed by atoms with van der Waals surface area (Å²) in [4.78, 5) is 24.9. The van der Waals surface area contributed by atoms with Crippen molar-refractivity contribution in [3.05, 3.63) is 29.6 Å². The largest absolute Gasteiger partial charge is 0.497 e. The van der Waals surface area contributed by atoms with Crippen molar-refractivity contribution in [3.8, 4) is 5.75 Å². The van der Waals surface area contributed by atoms with Crippen molar-refractivity contribution in [2.75, 3.05) is 27.7 Å². The first-order valence-corrected chi connectivity index (χ1v) is 6.21. The Hall–Kier alpha value is -2.11. The van der Waals surface area contributed by atoms with E-state index in [1.54, 1.807) is 6.92 Å². The number of nitrogens with one attached hydrogen (secondary N) is 1. The number of amides is 2. The van der Waals surface area contributed by atoms with E-state index in [1.165, 1.54) is 38.2 Å². The molecule has 0 aliphatic carbocycles. The lowest BCUT2D eigenvalue weighted by atomic mass is 10.1. The minimum Gasteiger partial charge on any atom is -0.497 e. The monoisotopic (exact) mass is 282 g/mol. The second kappa shape index (κ2) is 6.88. The molecule has 1 unspecified atom stereocenters. The second-order valence-electron chi connectivity index (χ2n) is 4.55. The van der Waals surface area contributed by atoms with Gasteiger partial charge in [0.2, 0.25) is 5.91 Å². The lowest BCUT2D eigenvalue weighted by molar-refractivity contribution is -0.124. The van der Waals surface area contributed by atoms with Crippen LogP contribution in [0.2, 0.25) is 0 Å². The van der Waals surface area contributed by atoms with E-state index in [-0.39, 0.29) is 23.9 Å². The molecule has 1 N–H and O–H groups in total. The fraction of sp³-hybridized carbons (Fsp3) is 0.429. The van der Waals surface area contributed by atoms with Gasteiger partial charge in [0.1, 0.15) is 11.6 Å². The zero-order valence-electron chi connectivity index (χ0n) is 12.1. The van der Waals surface area contributed by atoms with Crippen molar-refractivity contribution in [3.63, 3.8) is 0 Å². The molecule has 0 aliphatic rings. The number of hydrogen-bond donors (Lipinski definition) is 1. The van der Waals surface area contributed by atoms with Crippen molar-refractivity contribution >= 4 is 11.8 Å². The molecule has 1 atom stereocenters. The zero-order valence-corrected chi connectivity index (χ0v) is 12.1. The summed E-state index contributed by atoms with van der Waals surface area (Å²) in [5.74, 6) is -1.30. The first-order valence-electron chi connectivity index (χ1n) is 6.21. The average molecular weight is 282 g/mol. The van der Waals surface area contributed by atoms with Crippen LogP contribution in [-0.2, 0) is 4.79 Å². The van der Waals surface area contributed by atoms with Crippen LogP contribution in [0.3, 0.4) is 0 Å². The number of rotatable bonds is 5. The van der Waals surface area contributed by atoms with Crippen LogP contribution >= 0.6 is 0 Å². The Balaban J connectivity index is 2.81. The molecular formula is C14H19FN2O3. The molecule has 5 nitrogen and oxygen atoms in total. The Kier molecular flexibility index (Phi) is 5.49. The van der Waals surface area contributed by atoms with Gasteiger partial charge >= 0.3 is 0 Å². The minimum absolute atomic E-state index is 0.0441. The van der Waals surface area contributed by atoms with E-state index < -0.39 is 11.7 Å². The van der Waals surface area contributed by atoms with Crippen LogP contribution < -0.4 is 10.1 Å². The lowest BCUT2D eigenvalue weighted by Crippen LogP contribution is -2.37. The molecule has 0 spiro atoms. The summed E-state index contributed by atoms with van der Waals surface area (Å²) in [6.07, 6.45) is 0. The number of hydrogen-bond acceptors (Lipinski definition) is 3. The average Bonchev–Trinajstić information content (AvgIpc) is 2.45. The van der Waals surface area contributed by atoms with Gasteiger partial charge in [-0.1, -0.05) is 6.92 Å². The Morgan fingerprint density at radius 3 is 2.60 bits per heavy atom. The molecule has 110 valence electrons. The van der Waals surface area contributed by atoms with Crippen LogP contribution in [-0.4, -0.2) is 44.5 Å². The van der Waals surface area contributed by atoms with Crippen LogP contribution in [0, 0.1) is 11.7 Å². The van der Waals surface area contributed by atoms with Crippen molar-refractivity contribution in [1.82, 2.24) is 10.2 Å². The molecule has 20 heavy (non-hydrogen) atoms. The summed E-state index contributed by atoms with van der Waals surface area (Å²) >= 11 is 0. The molecule has 2 amide bonds. The Morgan fingerprint density at radius 2 is 2.10 bits per heavy atom. The van der Waals surface area contributed by atoms with Gasteiger partial charge in [-0.2, -0.15) is 0 Å². The number of methoxy groups -OCH3 is 1. The molecule has 6 heteroatoms. The number of halogens is 1. The maximum atomic E-state index is 13.8. The quantitative estimate of drug-likeness (QED) is 0.885. The summed E-state index contributed by atoms with van der Waals surface area (Å²) in [5, 5.41) is 2.51. The first-order chi connectivity index (χ1) is 9.40. The fourth-order valence-corrected chi connectivity index (χ4v) is 1.82. The van der Waals surface area contributed by atoms with Gasteiger partial charge < -0.3 is 15.0 Å². The summed E-state index contributed by atoms with van der Waals surface area (Å²) < 4.78 is 18.7. The SMILES string of the molecule is CNC(=O)C(C)CN(C)C(=O)c1ccc(OC)cc1F. The minimum atomic E-state index is -0.645. The van der Waals surface area contributed by atoms with Crippen LogP contribution in [0.25, 0.3) is 0 Å². The van der Waals surface area contributed by atoms with E-state index in [0.29, 0.717) is 5.75 Å². The number of carbonyl (C=O) groups is 2. The lowest BCUT2D eigenvalue weighted by Gasteiger charge is -2.21. The molecule has 0 aromatic heterocycles. The second-order valence-corrected chi connectivity index (χ2v) is 4.55. The predicted molar refractivity (Wildman–Crippen MR) is 73.1 cm³/mol. The van der Waals surface area contributed by atoms with E-state index >= 15 is 0 Å². The maximum absolute atomic E-state index is 13.8. The van der Waals surface area contributed by atoms with E-state index in [0.717, 1.165) is 6.07 Å². The van der Waals surface area contributed by atoms with Gasteiger partial charge in [-0.15, -0.1) is 0 Å². The molecule has 1 aromatic carbocycles. The van der Waals surface area contributed by atoms with Gasteiger partial charge in [0, 0.05) is 26.7 Å². The highest BCUT2D eigenvalue weighted by Crippen LogP contribution is 2.17. The fourth-order valence-electron chi connectivity index (χ4n) is 1.82. The summed E-state index contributed by atoms with van der Waals surface area (Å²) in [6.45, 7) is 1.91. The highest BCUT2D eigenvalue weighted by atomic mass is 19.1. The molecule has 0 saturated carbocycles. The Morgan fingerprint density at radius 1 is 1.45 bits per heavy atom. The predicted octanol–water partition coefficient (Wildman–Crippen LogP) is 1.29. The van der Waals surface area contributed by atoms with Crippen LogP contribution in [0.1, 0.15) is 17.3 Å². The Labute approximate surface area is 117 Å². The third kappa shape index (κ3) is 3.69. The molecule has 1 aromatic rings. The van der Waals surface area contributed by atoms with Crippen molar-refractivity contribution in [2.24, 2.45) is 5.92 Å². The molecule has 0 bridgehead atoms. The normalized spacial score (nSPS) is 11.7. The zero-order chi connectivity index (χ0) is 15.3. The van der Waals surface area contributed by atoms with Gasteiger partial charge in [-0.25, -0.2) is 4.39 Å². The van der Waals surface area contributed by atoms with E-state index in [2.05, 4.69) is 5.32 Å². The number of benzene rings is 1. The maximum Gasteiger partial charge on any atom is 0.256 e. The molecular weight excluding hydrogens is 263 g/mol. The van der Waals surface area contributed by atoms with Gasteiger partial charge in [0.15, 0.2) is 0 Å². The molecule has 0 aliphatic heterocycles. The van der Waals surface area contributed by atoms with Gasteiger partial charge in [0.05, 0.1) is 18.6 Å². The number of ether oxygens (including phenoxy) is 1. The standard InChI is InChI=1S/C14H19FN2O3/c1-9(13(18)16-2)8-17(3)14(19)11-6-5-10(20-4)7-12(11)15/h5-7,9H,8H2,1-4H3,(H,16,18). The van der Waals surface area contributed by atoms with Crippen LogP contribution in [0.5, 0.6) is 5.75 Å². The van der Waals surface area contributed by atoms with E-state index in [9.17, 15) is 14.0 Å². The smallest absolute Gasteiger partial charge is 0.256 e. The molecule has 0 heterocycles. The molecule has 1 rings (SSSR count). The summed E-state index contributed by atoms with van der Waals surface area (Å²) in [7, 11) is 4.49. The van der Waals surface area contributed by atoms with E-state index in [1.807, 2.05) is 0 Å². The first kappa shape index (κ1) is 15.9. The van der Waals surface area contributed by atoms with Gasteiger partial charge in [0.25, 0.3) is 5.91 Å². The van der Waals surface area contributed by atoms with Gasteiger partial charge in [-0.05, 0) is 12.1 Å². The van der Waals surface area contributed by atoms with Crippen LogP contribution in [0.15, 0.2) is 18.2 Å². The highest BCUT2D eigenvalue weighted by molar-refractivity contribution is 5.94. The van der Waals surface area contributed by atoms with Crippen molar-refractivity contribution in [2.45, 2.75) is 6.92 Å². The van der Waals surface area contributed by atoms with Crippen molar-refractivity contribution in [1.29, 1.82) is 0 Å². The summed E-state index contributed by atoms with van der Waals surface area (Å²) in [5.41, 5.74) is -0.0441. The Bertz CT molecular complexity index is 505. The molecule has 0 fully saturated rings. The third-order valence-corrected chi connectivity index (χ3v) is 3.00. The molecule has 0 saturated heterocycles. The third-order valence-electron chi connectivity index (χ3n) is 3.00. The topological polar surface area (TPSA) is 58.6 Å².